The van der Waals surface area contributed by atoms with Crippen molar-refractivity contribution >= 4 is 55.5 Å². The molecule has 0 fully saturated rings. The molecule has 0 aliphatic carbocycles. The van der Waals surface area contributed by atoms with Gasteiger partial charge in [-0.3, -0.25) is 4.79 Å². The fraction of sp³-hybridized carbons (Fsp3) is 0.250. The highest BCUT2D eigenvalue weighted by Gasteiger charge is 2.20. The second-order valence-electron chi connectivity index (χ2n) is 6.93. The van der Waals surface area contributed by atoms with E-state index in [0.29, 0.717) is 15.2 Å². The first kappa shape index (κ1) is 23.2. The lowest BCUT2D eigenvalue weighted by molar-refractivity contribution is -0.115. The minimum absolute atomic E-state index is 0.117. The number of thioether (sulfide) groups is 1. The van der Waals surface area contributed by atoms with Gasteiger partial charge in [0.2, 0.25) is 21.1 Å². The number of anilines is 3. The Hall–Kier alpha value is -2.47. The summed E-state index contributed by atoms with van der Waals surface area (Å²) in [4.78, 5) is 12.7. The van der Waals surface area contributed by atoms with Crippen molar-refractivity contribution in [2.75, 3.05) is 24.7 Å². The van der Waals surface area contributed by atoms with Crippen LogP contribution >= 0.6 is 23.1 Å². The monoisotopic (exact) mass is 477 g/mol. The molecule has 11 heteroatoms. The zero-order chi connectivity index (χ0) is 22.6. The van der Waals surface area contributed by atoms with E-state index in [1.165, 1.54) is 54.9 Å². The van der Waals surface area contributed by atoms with E-state index in [1.54, 1.807) is 19.1 Å². The third-order valence-electron chi connectivity index (χ3n) is 4.24. The van der Waals surface area contributed by atoms with E-state index in [-0.39, 0.29) is 10.8 Å². The van der Waals surface area contributed by atoms with Gasteiger partial charge < -0.3 is 10.6 Å². The highest BCUT2D eigenvalue weighted by atomic mass is 32.2. The van der Waals surface area contributed by atoms with Gasteiger partial charge in [-0.25, -0.2) is 12.7 Å². The summed E-state index contributed by atoms with van der Waals surface area (Å²) in [5.41, 5.74) is 2.50. The number of benzene rings is 2. The maximum Gasteiger partial charge on any atom is 0.242 e. The first-order chi connectivity index (χ1) is 14.6. The van der Waals surface area contributed by atoms with Gasteiger partial charge in [0.05, 0.1) is 10.1 Å². The van der Waals surface area contributed by atoms with Crippen LogP contribution < -0.4 is 10.6 Å². The molecule has 0 saturated heterocycles. The summed E-state index contributed by atoms with van der Waals surface area (Å²) in [6.45, 7) is 3.78. The van der Waals surface area contributed by atoms with Crippen LogP contribution in [0.1, 0.15) is 12.5 Å². The van der Waals surface area contributed by atoms with E-state index < -0.39 is 15.3 Å². The minimum atomic E-state index is -3.58. The zero-order valence-electron chi connectivity index (χ0n) is 17.5. The molecular weight excluding hydrogens is 454 g/mol. The molecule has 2 N–H and O–H groups in total. The normalized spacial score (nSPS) is 12.5. The number of sulfonamides is 1. The van der Waals surface area contributed by atoms with E-state index >= 15 is 0 Å². The van der Waals surface area contributed by atoms with Crippen molar-refractivity contribution in [1.82, 2.24) is 14.5 Å². The molecule has 0 saturated carbocycles. The molecule has 8 nitrogen and oxygen atoms in total. The summed E-state index contributed by atoms with van der Waals surface area (Å²) in [5.74, 6) is -0.257. The number of aromatic nitrogens is 2. The van der Waals surface area contributed by atoms with Gasteiger partial charge in [0, 0.05) is 25.5 Å². The zero-order valence-corrected chi connectivity index (χ0v) is 19.9. The highest BCUT2D eigenvalue weighted by Crippen LogP contribution is 2.31. The van der Waals surface area contributed by atoms with Gasteiger partial charge in [-0.05, 0) is 44.2 Å². The number of aryl methyl sites for hydroxylation is 1. The quantitative estimate of drug-likeness (QED) is 0.473. The van der Waals surface area contributed by atoms with Gasteiger partial charge in [-0.1, -0.05) is 46.9 Å². The predicted octanol–water partition coefficient (Wildman–Crippen LogP) is 3.96. The summed E-state index contributed by atoms with van der Waals surface area (Å²) in [6, 6.07) is 14.1. The molecule has 164 valence electrons. The molecule has 0 spiro atoms. The fourth-order valence-electron chi connectivity index (χ4n) is 2.46. The van der Waals surface area contributed by atoms with E-state index in [9.17, 15) is 13.2 Å². The van der Waals surface area contributed by atoms with Crippen LogP contribution in [0, 0.1) is 6.92 Å². The summed E-state index contributed by atoms with van der Waals surface area (Å²) in [7, 11) is -0.653. The molecule has 1 amide bonds. The van der Waals surface area contributed by atoms with Crippen molar-refractivity contribution in [3.63, 3.8) is 0 Å². The number of rotatable bonds is 8. The number of amides is 1. The summed E-state index contributed by atoms with van der Waals surface area (Å²) in [5, 5.41) is 14.4. The van der Waals surface area contributed by atoms with Gasteiger partial charge in [0.1, 0.15) is 0 Å². The average molecular weight is 478 g/mol. The van der Waals surface area contributed by atoms with E-state index in [2.05, 4.69) is 20.8 Å². The molecule has 0 bridgehead atoms. The third-order valence-corrected chi connectivity index (χ3v) is 8.07. The molecule has 0 aliphatic heterocycles. The smallest absolute Gasteiger partial charge is 0.242 e. The number of nitrogens with one attached hydrogen (secondary N) is 2. The molecule has 3 aromatic rings. The van der Waals surface area contributed by atoms with Gasteiger partial charge in [-0.2, -0.15) is 0 Å². The van der Waals surface area contributed by atoms with E-state index in [0.717, 1.165) is 9.99 Å². The Kier molecular flexibility index (Phi) is 7.31. The standard InChI is InChI=1S/C20H23N5O3S3/c1-13-8-10-15(11-9-13)22-19-23-24-20(30-19)29-14(2)18(26)21-16-6-5-7-17(12-16)31(27,28)25(3)4/h5-12,14H,1-4H3,(H,21,26)(H,22,23). The highest BCUT2D eigenvalue weighted by molar-refractivity contribution is 8.02. The Morgan fingerprint density at radius 3 is 2.48 bits per heavy atom. The number of carbonyl (C=O) groups excluding carboxylic acids is 1. The van der Waals surface area contributed by atoms with Crippen molar-refractivity contribution < 1.29 is 13.2 Å². The maximum atomic E-state index is 12.6. The lowest BCUT2D eigenvalue weighted by Crippen LogP contribution is -2.24. The lowest BCUT2D eigenvalue weighted by Gasteiger charge is -2.14. The van der Waals surface area contributed by atoms with Crippen LogP contribution in [0.2, 0.25) is 0 Å². The molecule has 0 aliphatic rings. The van der Waals surface area contributed by atoms with Crippen molar-refractivity contribution in [2.45, 2.75) is 28.3 Å². The van der Waals surface area contributed by atoms with E-state index in [4.69, 9.17) is 0 Å². The van der Waals surface area contributed by atoms with Gasteiger partial charge in [0.15, 0.2) is 4.34 Å². The van der Waals surface area contributed by atoms with Crippen LogP contribution in [0.4, 0.5) is 16.5 Å². The third kappa shape index (κ3) is 6.03. The topological polar surface area (TPSA) is 104 Å². The van der Waals surface area contributed by atoms with Crippen LogP contribution in [0.15, 0.2) is 57.8 Å². The van der Waals surface area contributed by atoms with Crippen molar-refractivity contribution in [2.24, 2.45) is 0 Å². The first-order valence-electron chi connectivity index (χ1n) is 9.32. The maximum absolute atomic E-state index is 12.6. The number of carbonyl (C=O) groups is 1. The molecule has 3 rings (SSSR count). The molecule has 1 aromatic heterocycles. The molecular formula is C20H23N5O3S3. The Morgan fingerprint density at radius 2 is 1.81 bits per heavy atom. The van der Waals surface area contributed by atoms with Crippen LogP contribution in [0.25, 0.3) is 0 Å². The second kappa shape index (κ2) is 9.77. The molecule has 1 atom stereocenters. The average Bonchev–Trinajstić information content (AvgIpc) is 3.16. The lowest BCUT2D eigenvalue weighted by atomic mass is 10.2. The molecule has 31 heavy (non-hydrogen) atoms. The summed E-state index contributed by atoms with van der Waals surface area (Å²) >= 11 is 2.64. The number of hydrogen-bond acceptors (Lipinski definition) is 8. The minimum Gasteiger partial charge on any atom is -0.330 e. The van der Waals surface area contributed by atoms with Crippen LogP contribution in [-0.2, 0) is 14.8 Å². The Bertz CT molecular complexity index is 1160. The Morgan fingerprint density at radius 1 is 1.10 bits per heavy atom. The van der Waals surface area contributed by atoms with Crippen LogP contribution in [0.3, 0.4) is 0 Å². The summed E-state index contributed by atoms with van der Waals surface area (Å²) in [6.07, 6.45) is 0. The van der Waals surface area contributed by atoms with Crippen molar-refractivity contribution in [1.29, 1.82) is 0 Å². The summed E-state index contributed by atoms with van der Waals surface area (Å²) < 4.78 is 26.4. The fourth-order valence-corrected chi connectivity index (χ4v) is 5.33. The predicted molar refractivity (Wildman–Crippen MR) is 126 cm³/mol. The number of nitrogens with zero attached hydrogens (tertiary/aromatic N) is 3. The van der Waals surface area contributed by atoms with Gasteiger partial charge >= 0.3 is 0 Å². The molecule has 1 unspecified atom stereocenters. The number of hydrogen-bond donors (Lipinski definition) is 2. The first-order valence-corrected chi connectivity index (χ1v) is 12.5. The van der Waals surface area contributed by atoms with Crippen molar-refractivity contribution in [3.8, 4) is 0 Å². The second-order valence-corrected chi connectivity index (χ2v) is 11.6. The van der Waals surface area contributed by atoms with Crippen molar-refractivity contribution in [3.05, 3.63) is 54.1 Å². The molecule has 0 radical (unpaired) electrons. The SMILES string of the molecule is Cc1ccc(Nc2nnc(SC(C)C(=O)Nc3cccc(S(=O)(=O)N(C)C)c3)s2)cc1. The Labute approximate surface area is 190 Å². The van der Waals surface area contributed by atoms with Gasteiger partial charge in [-0.15, -0.1) is 10.2 Å². The van der Waals surface area contributed by atoms with Gasteiger partial charge in [0.25, 0.3) is 0 Å². The van der Waals surface area contributed by atoms with Crippen LogP contribution in [0.5, 0.6) is 0 Å². The molecule has 2 aromatic carbocycles. The van der Waals surface area contributed by atoms with E-state index in [1.807, 2.05) is 31.2 Å². The molecule has 1 heterocycles. The largest absolute Gasteiger partial charge is 0.330 e. The van der Waals surface area contributed by atoms with Crippen LogP contribution in [-0.4, -0.2) is 48.2 Å². The Balaban J connectivity index is 1.61.